The molecule has 0 fully saturated rings. The fourth-order valence-corrected chi connectivity index (χ4v) is 2.62. The maximum atomic E-state index is 11.3. The zero-order valence-electron chi connectivity index (χ0n) is 16.8. The van der Waals surface area contributed by atoms with Gasteiger partial charge in [-0.2, -0.15) is 5.10 Å². The molecule has 0 aliphatic carbocycles. The molecule has 0 heterocycles. The number of anilines is 1. The zero-order chi connectivity index (χ0) is 21.6. The summed E-state index contributed by atoms with van der Waals surface area (Å²) >= 11 is 0. The molecule has 0 amide bonds. The number of nitrogens with zero attached hydrogens (tertiary/aromatic N) is 3. The largest absolute Gasteiger partial charge is 0.364 e. The van der Waals surface area contributed by atoms with E-state index in [1.165, 1.54) is 12.1 Å². The molecule has 1 atom stereocenters. The Morgan fingerprint density at radius 3 is 2.34 bits per heavy atom. The highest BCUT2D eigenvalue weighted by Gasteiger charge is 2.32. The van der Waals surface area contributed by atoms with Crippen LogP contribution in [-0.2, 0) is 10.3 Å². The van der Waals surface area contributed by atoms with Crippen molar-refractivity contribution in [2.75, 3.05) is 12.0 Å². The van der Waals surface area contributed by atoms with Crippen LogP contribution in [0.3, 0.4) is 0 Å². The fourth-order valence-electron chi connectivity index (χ4n) is 2.62. The van der Waals surface area contributed by atoms with Crippen molar-refractivity contribution in [3.05, 3.63) is 74.3 Å². The summed E-state index contributed by atoms with van der Waals surface area (Å²) in [7, 11) is 0. The highest BCUT2D eigenvalue weighted by molar-refractivity contribution is 5.92. The lowest BCUT2D eigenvalue weighted by molar-refractivity contribution is -0.393. The van der Waals surface area contributed by atoms with Crippen LogP contribution in [0.5, 0.6) is 0 Å². The number of nitrogens with one attached hydrogen (secondary N) is 1. The maximum Gasteiger partial charge on any atom is 0.301 e. The van der Waals surface area contributed by atoms with Crippen molar-refractivity contribution in [1.29, 1.82) is 0 Å². The fraction of sp³-hybridized carbons (Fsp3) is 0.350. The first-order chi connectivity index (χ1) is 13.6. The molecule has 1 unspecified atom stereocenters. The third-order valence-electron chi connectivity index (χ3n) is 4.45. The minimum Gasteiger partial charge on any atom is -0.364 e. The summed E-state index contributed by atoms with van der Waals surface area (Å²) in [6.45, 7) is 8.22. The first-order valence-corrected chi connectivity index (χ1v) is 9.08. The van der Waals surface area contributed by atoms with Crippen molar-refractivity contribution in [1.82, 2.24) is 0 Å². The van der Waals surface area contributed by atoms with Gasteiger partial charge in [-0.15, -0.1) is 0 Å². The Labute approximate surface area is 168 Å². The smallest absolute Gasteiger partial charge is 0.301 e. The second kappa shape index (κ2) is 9.24. The molecule has 1 N–H and O–H groups in total. The highest BCUT2D eigenvalue weighted by atomic mass is 16.6. The molecule has 9 heteroatoms. The van der Waals surface area contributed by atoms with E-state index in [0.717, 1.165) is 11.6 Å². The van der Waals surface area contributed by atoms with E-state index in [1.807, 2.05) is 51.1 Å². The van der Waals surface area contributed by atoms with Crippen LogP contribution < -0.4 is 5.43 Å². The van der Waals surface area contributed by atoms with Gasteiger partial charge in [0.15, 0.2) is 0 Å². The van der Waals surface area contributed by atoms with Crippen molar-refractivity contribution in [3.63, 3.8) is 0 Å². The molecule has 0 aliphatic rings. The molecule has 2 aromatic carbocycles. The summed E-state index contributed by atoms with van der Waals surface area (Å²) in [5, 5.41) is 26.5. The minimum absolute atomic E-state index is 0.0548. The summed E-state index contributed by atoms with van der Waals surface area (Å²) in [5.74, 6) is 0.301. The van der Waals surface area contributed by atoms with Crippen LogP contribution in [0.4, 0.5) is 17.1 Å². The Hall–Kier alpha value is -3.33. The number of hydrazone groups is 1. The van der Waals surface area contributed by atoms with Gasteiger partial charge in [0.05, 0.1) is 28.2 Å². The molecule has 0 spiro atoms. The maximum absolute atomic E-state index is 11.3. The van der Waals surface area contributed by atoms with Gasteiger partial charge in [-0.3, -0.25) is 25.7 Å². The number of rotatable bonds is 9. The number of hydrogen-bond acceptors (Lipinski definition) is 7. The molecule has 9 nitrogen and oxygen atoms in total. The van der Waals surface area contributed by atoms with E-state index >= 15 is 0 Å². The van der Waals surface area contributed by atoms with Gasteiger partial charge in [-0.25, -0.2) is 0 Å². The van der Waals surface area contributed by atoms with Crippen LogP contribution in [0, 0.1) is 26.1 Å². The average molecular weight is 400 g/mol. The molecule has 0 saturated carbocycles. The Kier molecular flexibility index (Phi) is 7.00. The van der Waals surface area contributed by atoms with E-state index in [2.05, 4.69) is 10.5 Å². The van der Waals surface area contributed by atoms with Gasteiger partial charge in [0.2, 0.25) is 0 Å². The molecular weight excluding hydrogens is 376 g/mol. The van der Waals surface area contributed by atoms with E-state index in [9.17, 15) is 20.2 Å². The molecule has 2 aromatic rings. The monoisotopic (exact) mass is 400 g/mol. The van der Waals surface area contributed by atoms with Crippen LogP contribution in [0.1, 0.15) is 33.3 Å². The van der Waals surface area contributed by atoms with Crippen LogP contribution in [-0.4, -0.2) is 22.2 Å². The van der Waals surface area contributed by atoms with Crippen molar-refractivity contribution < 1.29 is 14.6 Å². The third-order valence-corrected chi connectivity index (χ3v) is 4.45. The van der Waals surface area contributed by atoms with Crippen molar-refractivity contribution in [3.8, 4) is 0 Å². The van der Waals surface area contributed by atoms with Crippen LogP contribution >= 0.6 is 0 Å². The van der Waals surface area contributed by atoms with E-state index in [4.69, 9.17) is 4.74 Å². The molecule has 154 valence electrons. The first kappa shape index (κ1) is 22.0. The van der Waals surface area contributed by atoms with Gasteiger partial charge in [0, 0.05) is 6.07 Å². The first-order valence-electron chi connectivity index (χ1n) is 9.08. The number of nitro groups is 2. The van der Waals surface area contributed by atoms with Crippen molar-refractivity contribution in [2.24, 2.45) is 11.0 Å². The van der Waals surface area contributed by atoms with Crippen LogP contribution in [0.15, 0.2) is 53.6 Å². The second-order valence-corrected chi connectivity index (χ2v) is 7.13. The van der Waals surface area contributed by atoms with Gasteiger partial charge in [0.1, 0.15) is 11.3 Å². The minimum atomic E-state index is -0.853. The lowest BCUT2D eigenvalue weighted by Gasteiger charge is -2.31. The Balaban J connectivity index is 2.38. The Morgan fingerprint density at radius 2 is 1.79 bits per heavy atom. The van der Waals surface area contributed by atoms with E-state index < -0.39 is 21.1 Å². The molecule has 0 bridgehead atoms. The summed E-state index contributed by atoms with van der Waals surface area (Å²) in [5.41, 5.74) is 2.52. The topological polar surface area (TPSA) is 120 Å². The summed E-state index contributed by atoms with van der Waals surface area (Å²) in [6, 6.07) is 12.9. The average Bonchev–Trinajstić information content (AvgIpc) is 2.70. The molecule has 29 heavy (non-hydrogen) atoms. The molecule has 0 radical (unpaired) electrons. The SMILES string of the molecule is CC(=NNc1ccc([N+](=O)[O-])cc1[N+](=O)[O-])C(C)(OCC(C)C)c1ccccc1. The quantitative estimate of drug-likeness (QED) is 0.364. The molecule has 2 rings (SSSR count). The van der Waals surface area contributed by atoms with Gasteiger partial charge < -0.3 is 4.74 Å². The van der Waals surface area contributed by atoms with Gasteiger partial charge in [-0.1, -0.05) is 44.2 Å². The summed E-state index contributed by atoms with van der Waals surface area (Å²) < 4.78 is 6.16. The van der Waals surface area contributed by atoms with Crippen molar-refractivity contribution >= 4 is 22.8 Å². The predicted octanol–water partition coefficient (Wildman–Crippen LogP) is 4.88. The predicted molar refractivity (Wildman–Crippen MR) is 111 cm³/mol. The van der Waals surface area contributed by atoms with E-state index in [-0.39, 0.29) is 11.4 Å². The normalized spacial score (nSPS) is 13.8. The van der Waals surface area contributed by atoms with Crippen LogP contribution in [0.2, 0.25) is 0 Å². The Morgan fingerprint density at radius 1 is 1.14 bits per heavy atom. The number of hydrogen-bond donors (Lipinski definition) is 1. The lowest BCUT2D eigenvalue weighted by atomic mass is 9.91. The second-order valence-electron chi connectivity index (χ2n) is 7.13. The van der Waals surface area contributed by atoms with Gasteiger partial charge >= 0.3 is 5.69 Å². The van der Waals surface area contributed by atoms with E-state index in [0.29, 0.717) is 18.2 Å². The van der Waals surface area contributed by atoms with E-state index in [1.54, 1.807) is 6.92 Å². The van der Waals surface area contributed by atoms with Gasteiger partial charge in [-0.05, 0) is 31.4 Å². The molecule has 0 aromatic heterocycles. The Bertz CT molecular complexity index is 914. The molecule has 0 saturated heterocycles. The van der Waals surface area contributed by atoms with Crippen molar-refractivity contribution in [2.45, 2.75) is 33.3 Å². The zero-order valence-corrected chi connectivity index (χ0v) is 16.8. The molecule has 0 aliphatic heterocycles. The number of ether oxygens (including phenoxy) is 1. The molecular formula is C20H24N4O5. The summed E-state index contributed by atoms with van der Waals surface area (Å²) in [6.07, 6.45) is 0. The highest BCUT2D eigenvalue weighted by Crippen LogP contribution is 2.31. The van der Waals surface area contributed by atoms with Gasteiger partial charge in [0.25, 0.3) is 5.69 Å². The third kappa shape index (κ3) is 5.35. The standard InChI is InChI=1S/C20H24N4O5/c1-14(2)13-29-20(4,16-8-6-5-7-9-16)15(3)21-22-18-11-10-17(23(25)26)12-19(18)24(27)28/h5-12,14,22H,13H2,1-4H3. The van der Waals surface area contributed by atoms with Crippen LogP contribution in [0.25, 0.3) is 0 Å². The number of benzene rings is 2. The summed E-state index contributed by atoms with van der Waals surface area (Å²) in [4.78, 5) is 20.8. The number of non-ortho nitro benzene ring substituents is 1. The number of nitro benzene ring substituents is 2. The lowest BCUT2D eigenvalue weighted by Crippen LogP contribution is -2.36.